The van der Waals surface area contributed by atoms with E-state index in [0.717, 1.165) is 11.3 Å². The van der Waals surface area contributed by atoms with Crippen molar-refractivity contribution in [3.8, 4) is 11.3 Å². The van der Waals surface area contributed by atoms with Crippen LogP contribution in [0.5, 0.6) is 0 Å². The second kappa shape index (κ2) is 6.16. The lowest BCUT2D eigenvalue weighted by Crippen LogP contribution is -2.59. The van der Waals surface area contributed by atoms with Crippen LogP contribution in [0.4, 0.5) is 10.5 Å². The van der Waals surface area contributed by atoms with Crippen LogP contribution in [0.2, 0.25) is 0 Å². The van der Waals surface area contributed by atoms with E-state index in [1.807, 2.05) is 30.3 Å². The number of sulfone groups is 1. The highest BCUT2D eigenvalue weighted by molar-refractivity contribution is 7.91. The number of urea groups is 1. The molecule has 2 aliphatic rings. The number of benzene rings is 1. The van der Waals surface area contributed by atoms with Gasteiger partial charge in [0.05, 0.1) is 23.2 Å². The van der Waals surface area contributed by atoms with Crippen LogP contribution in [0.1, 0.15) is 0 Å². The predicted octanol–water partition coefficient (Wildman–Crippen LogP) is 0.679. The van der Waals surface area contributed by atoms with Crippen LogP contribution < -0.4 is 10.6 Å². The number of nitrogens with one attached hydrogen (secondary N) is 3. The lowest BCUT2D eigenvalue weighted by Gasteiger charge is -2.37. The van der Waals surface area contributed by atoms with Gasteiger partial charge in [-0.15, -0.1) is 0 Å². The summed E-state index contributed by atoms with van der Waals surface area (Å²) in [6, 6.07) is 8.55. The number of rotatable bonds is 2. The van der Waals surface area contributed by atoms with Crippen LogP contribution in [-0.4, -0.2) is 66.2 Å². The fourth-order valence-electron chi connectivity index (χ4n) is 3.46. The van der Waals surface area contributed by atoms with Gasteiger partial charge < -0.3 is 15.5 Å². The molecule has 2 fully saturated rings. The van der Waals surface area contributed by atoms with Gasteiger partial charge in [-0.2, -0.15) is 5.10 Å². The molecule has 2 atom stereocenters. The minimum atomic E-state index is -3.09. The number of hydrogen-bond donors (Lipinski definition) is 3. The third-order valence-corrected chi connectivity index (χ3v) is 6.41. The topological polar surface area (TPSA) is 107 Å². The Morgan fingerprint density at radius 3 is 2.72 bits per heavy atom. The lowest BCUT2D eigenvalue weighted by atomic mass is 10.1. The summed E-state index contributed by atoms with van der Waals surface area (Å²) in [6.45, 7) is 1.09. The van der Waals surface area contributed by atoms with E-state index in [0.29, 0.717) is 18.8 Å². The number of anilines is 1. The van der Waals surface area contributed by atoms with Crippen molar-refractivity contribution in [2.45, 2.75) is 12.1 Å². The number of aromatic amines is 1. The fourth-order valence-corrected chi connectivity index (χ4v) is 5.42. The highest BCUT2D eigenvalue weighted by Gasteiger charge is 2.44. The van der Waals surface area contributed by atoms with Crippen LogP contribution in [0.3, 0.4) is 0 Å². The standard InChI is InChI=1S/C16H19N5O3S/c22-16(21-8-7-17-14-9-25(23,24)10-15(14)21)19-12-3-1-11(2-4-12)13-5-6-18-20-13/h1-6,14-15,17H,7-10H2,(H,18,20)(H,19,22)/t14-,15+/m0/s1. The first-order chi connectivity index (χ1) is 12.0. The summed E-state index contributed by atoms with van der Waals surface area (Å²) in [5, 5.41) is 12.9. The van der Waals surface area contributed by atoms with Gasteiger partial charge in [0.15, 0.2) is 9.84 Å². The molecule has 0 unspecified atom stereocenters. The van der Waals surface area contributed by atoms with E-state index in [1.165, 1.54) is 0 Å². The Morgan fingerprint density at radius 1 is 1.20 bits per heavy atom. The minimum Gasteiger partial charge on any atom is -0.318 e. The lowest BCUT2D eigenvalue weighted by molar-refractivity contribution is 0.163. The highest BCUT2D eigenvalue weighted by Crippen LogP contribution is 2.23. The van der Waals surface area contributed by atoms with Gasteiger partial charge in [-0.1, -0.05) is 12.1 Å². The molecule has 0 aliphatic carbocycles. The molecule has 0 radical (unpaired) electrons. The van der Waals surface area contributed by atoms with Crippen LogP contribution in [0, 0.1) is 0 Å². The molecule has 0 spiro atoms. The normalized spacial score (nSPS) is 24.7. The van der Waals surface area contributed by atoms with E-state index in [-0.39, 0.29) is 29.6 Å². The van der Waals surface area contributed by atoms with E-state index in [4.69, 9.17) is 0 Å². The molecular weight excluding hydrogens is 342 g/mol. The Labute approximate surface area is 145 Å². The van der Waals surface area contributed by atoms with E-state index >= 15 is 0 Å². The minimum absolute atomic E-state index is 0.0247. The van der Waals surface area contributed by atoms with Crippen molar-refractivity contribution in [1.29, 1.82) is 0 Å². The number of fused-ring (bicyclic) bond motifs is 1. The fraction of sp³-hybridized carbons (Fsp3) is 0.375. The van der Waals surface area contributed by atoms with Crippen molar-refractivity contribution in [2.24, 2.45) is 0 Å². The average Bonchev–Trinajstić information content (AvgIpc) is 3.21. The number of carbonyl (C=O) groups excluding carboxylic acids is 1. The van der Waals surface area contributed by atoms with E-state index < -0.39 is 9.84 Å². The molecule has 0 bridgehead atoms. The Kier molecular flexibility index (Phi) is 3.97. The Balaban J connectivity index is 1.46. The zero-order valence-electron chi connectivity index (χ0n) is 13.5. The smallest absolute Gasteiger partial charge is 0.318 e. The molecule has 4 rings (SSSR count). The largest absolute Gasteiger partial charge is 0.322 e. The van der Waals surface area contributed by atoms with Crippen LogP contribution >= 0.6 is 0 Å². The number of carbonyl (C=O) groups is 1. The second-order valence-electron chi connectivity index (χ2n) is 6.38. The van der Waals surface area contributed by atoms with Gasteiger partial charge in [0.2, 0.25) is 0 Å². The predicted molar refractivity (Wildman–Crippen MR) is 94.0 cm³/mol. The molecule has 2 aromatic rings. The summed E-state index contributed by atoms with van der Waals surface area (Å²) >= 11 is 0. The first-order valence-electron chi connectivity index (χ1n) is 8.13. The van der Waals surface area contributed by atoms with E-state index in [9.17, 15) is 13.2 Å². The maximum atomic E-state index is 12.6. The third kappa shape index (κ3) is 3.24. The number of piperazine rings is 1. The molecule has 2 amide bonds. The molecule has 2 aliphatic heterocycles. The van der Waals surface area contributed by atoms with Crippen molar-refractivity contribution in [2.75, 3.05) is 29.9 Å². The number of amides is 2. The number of nitrogens with zero attached hydrogens (tertiary/aromatic N) is 2. The van der Waals surface area contributed by atoms with Crippen molar-refractivity contribution < 1.29 is 13.2 Å². The van der Waals surface area contributed by atoms with Crippen molar-refractivity contribution in [3.05, 3.63) is 36.5 Å². The van der Waals surface area contributed by atoms with Gasteiger partial charge in [0.25, 0.3) is 0 Å². The van der Waals surface area contributed by atoms with Gasteiger partial charge in [-0.05, 0) is 23.8 Å². The van der Waals surface area contributed by atoms with Crippen molar-refractivity contribution in [1.82, 2.24) is 20.4 Å². The quantitative estimate of drug-likeness (QED) is 0.729. The zero-order valence-corrected chi connectivity index (χ0v) is 14.3. The molecule has 1 aromatic heterocycles. The summed E-state index contributed by atoms with van der Waals surface area (Å²) < 4.78 is 23.7. The van der Waals surface area contributed by atoms with Crippen LogP contribution in [0.15, 0.2) is 36.5 Å². The summed E-state index contributed by atoms with van der Waals surface area (Å²) in [5.41, 5.74) is 2.54. The van der Waals surface area contributed by atoms with Gasteiger partial charge in [-0.3, -0.25) is 5.10 Å². The van der Waals surface area contributed by atoms with E-state index in [2.05, 4.69) is 20.8 Å². The van der Waals surface area contributed by atoms with Gasteiger partial charge in [0, 0.05) is 31.0 Å². The molecule has 0 saturated carbocycles. The molecular formula is C16H19N5O3S. The first kappa shape index (κ1) is 16.1. The summed E-state index contributed by atoms with van der Waals surface area (Å²) in [7, 11) is -3.09. The number of H-pyrrole nitrogens is 1. The molecule has 132 valence electrons. The highest BCUT2D eigenvalue weighted by atomic mass is 32.2. The summed E-state index contributed by atoms with van der Waals surface area (Å²) in [6.07, 6.45) is 1.68. The van der Waals surface area contributed by atoms with Gasteiger partial charge in [-0.25, -0.2) is 13.2 Å². The van der Waals surface area contributed by atoms with Crippen molar-refractivity contribution in [3.63, 3.8) is 0 Å². The molecule has 3 N–H and O–H groups in total. The Morgan fingerprint density at radius 2 is 2.00 bits per heavy atom. The van der Waals surface area contributed by atoms with Crippen molar-refractivity contribution >= 4 is 21.6 Å². The average molecular weight is 361 g/mol. The van der Waals surface area contributed by atoms with Gasteiger partial charge >= 0.3 is 6.03 Å². The molecule has 1 aromatic carbocycles. The molecule has 2 saturated heterocycles. The maximum Gasteiger partial charge on any atom is 0.322 e. The monoisotopic (exact) mass is 361 g/mol. The number of aromatic nitrogens is 2. The van der Waals surface area contributed by atoms with Crippen LogP contribution in [0.25, 0.3) is 11.3 Å². The second-order valence-corrected chi connectivity index (χ2v) is 8.53. The Bertz CT molecular complexity index is 864. The summed E-state index contributed by atoms with van der Waals surface area (Å²) in [5.74, 6) is 0.122. The molecule has 9 heteroatoms. The van der Waals surface area contributed by atoms with Gasteiger partial charge in [0.1, 0.15) is 0 Å². The zero-order chi connectivity index (χ0) is 17.4. The van der Waals surface area contributed by atoms with E-state index in [1.54, 1.807) is 11.1 Å². The molecule has 8 nitrogen and oxygen atoms in total. The molecule has 3 heterocycles. The number of hydrogen-bond acceptors (Lipinski definition) is 5. The Hall–Kier alpha value is -2.39. The first-order valence-corrected chi connectivity index (χ1v) is 9.95. The maximum absolute atomic E-state index is 12.6. The third-order valence-electron chi connectivity index (χ3n) is 4.69. The SMILES string of the molecule is O=C(Nc1ccc(-c2ccn[nH]2)cc1)N1CCN[C@H]2CS(=O)(=O)C[C@H]21. The summed E-state index contributed by atoms with van der Waals surface area (Å²) in [4.78, 5) is 14.2. The van der Waals surface area contributed by atoms with Crippen LogP contribution in [-0.2, 0) is 9.84 Å². The molecule has 25 heavy (non-hydrogen) atoms.